The molecule has 2 aromatic rings. The lowest BCUT2D eigenvalue weighted by molar-refractivity contribution is -0.323. The minimum atomic E-state index is -3.48. The van der Waals surface area contributed by atoms with Crippen LogP contribution in [0.1, 0.15) is 35.6 Å². The van der Waals surface area contributed by atoms with E-state index in [2.05, 4.69) is 31.2 Å². The summed E-state index contributed by atoms with van der Waals surface area (Å²) in [5.74, 6) is -0.735. The van der Waals surface area contributed by atoms with Crippen LogP contribution in [0.2, 0.25) is 0 Å². The number of carbonyl (C=O) groups is 2. The third-order valence-corrected chi connectivity index (χ3v) is 4.96. The molecule has 15 nitrogen and oxygen atoms in total. The molecule has 0 aliphatic carbocycles. The molecule has 15 heteroatoms. The maximum absolute atomic E-state index is 12.6. The summed E-state index contributed by atoms with van der Waals surface area (Å²) in [7, 11) is 4.88. The Bertz CT molecular complexity index is 1140. The van der Waals surface area contributed by atoms with Gasteiger partial charge in [0.1, 0.15) is 18.3 Å². The number of benzene rings is 1. The largest absolute Gasteiger partial charge is 0.494 e. The molecule has 0 saturated heterocycles. The summed E-state index contributed by atoms with van der Waals surface area (Å²) in [6, 6.07) is 6.12. The fourth-order valence-corrected chi connectivity index (χ4v) is 3.39. The Kier molecular flexibility index (Phi) is 8.21. The molecule has 1 unspecified atom stereocenters. The second-order valence-electron chi connectivity index (χ2n) is 7.89. The van der Waals surface area contributed by atoms with Crippen molar-refractivity contribution < 1.29 is 29.6 Å². The fourth-order valence-electron chi connectivity index (χ4n) is 3.39. The Labute approximate surface area is 206 Å². The van der Waals surface area contributed by atoms with Crippen molar-refractivity contribution in [1.82, 2.24) is 30.8 Å². The van der Waals surface area contributed by atoms with Gasteiger partial charge in [-0.15, -0.1) is 10.2 Å². The van der Waals surface area contributed by atoms with Crippen molar-refractivity contribution in [1.29, 1.82) is 0 Å². The summed E-state index contributed by atoms with van der Waals surface area (Å²) in [5, 5.41) is 44.0. The maximum Gasteiger partial charge on any atom is 0.369 e. The molecule has 0 radical (unpaired) electrons. The number of methoxy groups -OCH3 is 1. The minimum Gasteiger partial charge on any atom is -0.494 e. The van der Waals surface area contributed by atoms with E-state index in [4.69, 9.17) is 4.74 Å². The fraction of sp³-hybridized carbons (Fsp3) is 0.381. The number of rotatable bonds is 9. The molecule has 0 saturated carbocycles. The molecule has 0 spiro atoms. The zero-order chi connectivity index (χ0) is 26.5. The first-order valence-corrected chi connectivity index (χ1v) is 10.9. The number of aliphatic hydroxyl groups is 3. The molecule has 1 aliphatic rings. The molecule has 0 bridgehead atoms. The van der Waals surface area contributed by atoms with Crippen LogP contribution in [0.15, 0.2) is 29.3 Å². The number of carbonyl (C=O) groups excluding carboxylic acids is 2. The highest BCUT2D eigenvalue weighted by Gasteiger charge is 2.27. The summed E-state index contributed by atoms with van der Waals surface area (Å²) in [5.41, 5.74) is 3.84. The van der Waals surface area contributed by atoms with Crippen LogP contribution < -0.4 is 26.1 Å². The molecule has 7 N–H and O–H groups in total. The van der Waals surface area contributed by atoms with Crippen LogP contribution in [0.5, 0.6) is 5.75 Å². The number of nitrogens with zero attached hydrogens (tertiary/aromatic N) is 5. The number of amides is 3. The lowest BCUT2D eigenvalue weighted by Crippen LogP contribution is -2.48. The standard InChI is InChI=1S/C21H29N9O6/c1-5-9-29(2)20(32)24-15-10-14(16(27-26-15)19(31)25-21(33,34)35)23-13-8-6-7-12(17(13)36-4)18-22-11-30(3)28-18/h6-8,10-11,18,28,33-35H,5,9H2,1-4H3,(H,25,31)(H2,23,24,26,32). The van der Waals surface area contributed by atoms with Gasteiger partial charge in [-0.05, 0) is 12.5 Å². The minimum absolute atomic E-state index is 0.0177. The van der Waals surface area contributed by atoms with Crippen LogP contribution in [0.3, 0.4) is 0 Å². The number of nitrogens with one attached hydrogen (secondary N) is 4. The van der Waals surface area contributed by atoms with Gasteiger partial charge in [0.25, 0.3) is 5.91 Å². The molecular formula is C21H29N9O6. The van der Waals surface area contributed by atoms with E-state index in [0.717, 1.165) is 6.42 Å². The third kappa shape index (κ3) is 6.54. The van der Waals surface area contributed by atoms with Gasteiger partial charge in [0, 0.05) is 32.3 Å². The number of hydrogen-bond acceptors (Lipinski definition) is 12. The predicted molar refractivity (Wildman–Crippen MR) is 129 cm³/mol. The van der Waals surface area contributed by atoms with E-state index in [1.807, 2.05) is 13.0 Å². The highest BCUT2D eigenvalue weighted by Crippen LogP contribution is 2.36. The van der Waals surface area contributed by atoms with E-state index in [0.29, 0.717) is 23.5 Å². The lowest BCUT2D eigenvalue weighted by atomic mass is 10.1. The predicted octanol–water partition coefficient (Wildman–Crippen LogP) is -0.103. The lowest BCUT2D eigenvalue weighted by Gasteiger charge is -2.21. The first kappa shape index (κ1) is 26.6. The van der Waals surface area contributed by atoms with Crippen molar-refractivity contribution in [3.8, 4) is 5.75 Å². The zero-order valence-corrected chi connectivity index (χ0v) is 20.2. The van der Waals surface area contributed by atoms with Crippen molar-refractivity contribution in [2.75, 3.05) is 38.4 Å². The highest BCUT2D eigenvalue weighted by molar-refractivity contribution is 5.99. The average molecular weight is 504 g/mol. The van der Waals surface area contributed by atoms with Crippen LogP contribution >= 0.6 is 0 Å². The van der Waals surface area contributed by atoms with Crippen LogP contribution in [-0.4, -0.2) is 87.5 Å². The topological polar surface area (TPSA) is 197 Å². The molecule has 2 heterocycles. The van der Waals surface area contributed by atoms with Crippen LogP contribution in [0.25, 0.3) is 0 Å². The van der Waals surface area contributed by atoms with E-state index in [1.165, 1.54) is 18.1 Å². The number of hydrogen-bond donors (Lipinski definition) is 7. The maximum atomic E-state index is 12.6. The first-order valence-electron chi connectivity index (χ1n) is 10.9. The molecule has 1 atom stereocenters. The molecule has 3 amide bonds. The van der Waals surface area contributed by atoms with Gasteiger partial charge in [-0.3, -0.25) is 20.4 Å². The molecular weight excluding hydrogens is 474 g/mol. The summed E-state index contributed by atoms with van der Waals surface area (Å²) in [6.07, 6.45) is -1.54. The number of anilines is 3. The number of hydrazine groups is 1. The summed E-state index contributed by atoms with van der Waals surface area (Å²) < 4.78 is 5.60. The number of para-hydroxylation sites is 1. The normalized spacial score (nSPS) is 15.0. The first-order chi connectivity index (χ1) is 17.0. The van der Waals surface area contributed by atoms with Crippen LogP contribution in [0.4, 0.5) is 22.0 Å². The number of urea groups is 1. The van der Waals surface area contributed by atoms with Crippen molar-refractivity contribution in [3.63, 3.8) is 0 Å². The Hall–Kier alpha value is -4.05. The Morgan fingerprint density at radius 1 is 1.25 bits per heavy atom. The summed E-state index contributed by atoms with van der Waals surface area (Å²) in [6.45, 7) is 2.43. The highest BCUT2D eigenvalue weighted by atomic mass is 16.7. The molecule has 1 aromatic heterocycles. The van der Waals surface area contributed by atoms with Gasteiger partial charge in [-0.25, -0.2) is 15.2 Å². The van der Waals surface area contributed by atoms with E-state index in [9.17, 15) is 24.9 Å². The number of aliphatic imine (C=N–C) groups is 1. The smallest absolute Gasteiger partial charge is 0.369 e. The molecule has 194 valence electrons. The van der Waals surface area contributed by atoms with Crippen molar-refractivity contribution in [2.24, 2.45) is 4.99 Å². The van der Waals surface area contributed by atoms with Gasteiger partial charge < -0.3 is 30.3 Å². The summed E-state index contributed by atoms with van der Waals surface area (Å²) >= 11 is 0. The van der Waals surface area contributed by atoms with Gasteiger partial charge in [-0.1, -0.05) is 19.1 Å². The van der Waals surface area contributed by atoms with Crippen molar-refractivity contribution in [2.45, 2.75) is 25.6 Å². The van der Waals surface area contributed by atoms with Crippen molar-refractivity contribution >= 4 is 35.5 Å². The average Bonchev–Trinajstić information content (AvgIpc) is 3.24. The second kappa shape index (κ2) is 11.1. The van der Waals surface area contributed by atoms with E-state index in [-0.39, 0.29) is 11.5 Å². The van der Waals surface area contributed by atoms with Gasteiger partial charge in [0.15, 0.2) is 11.5 Å². The zero-order valence-electron chi connectivity index (χ0n) is 20.2. The van der Waals surface area contributed by atoms with Gasteiger partial charge in [-0.2, -0.15) is 0 Å². The Morgan fingerprint density at radius 2 is 2.00 bits per heavy atom. The van der Waals surface area contributed by atoms with Crippen LogP contribution in [0, 0.1) is 0 Å². The Morgan fingerprint density at radius 3 is 2.61 bits per heavy atom. The molecule has 0 fully saturated rings. The van der Waals surface area contributed by atoms with Gasteiger partial charge in [0.05, 0.1) is 18.5 Å². The monoisotopic (exact) mass is 503 g/mol. The summed E-state index contributed by atoms with van der Waals surface area (Å²) in [4.78, 5) is 30.8. The van der Waals surface area contributed by atoms with E-state index in [1.54, 1.807) is 42.9 Å². The number of ether oxygens (including phenoxy) is 1. The SMILES string of the molecule is CCCN(C)C(=O)Nc1cc(Nc2cccc(C3N=CN(C)N3)c2OC)c(C(=O)NC(O)(O)O)nn1. The Balaban J connectivity index is 1.99. The number of aromatic nitrogens is 2. The third-order valence-electron chi connectivity index (χ3n) is 4.96. The van der Waals surface area contributed by atoms with Crippen LogP contribution in [-0.2, 0) is 0 Å². The molecule has 1 aliphatic heterocycles. The quantitative estimate of drug-likeness (QED) is 0.226. The van der Waals surface area contributed by atoms with Gasteiger partial charge in [0.2, 0.25) is 0 Å². The second-order valence-corrected chi connectivity index (χ2v) is 7.89. The van der Waals surface area contributed by atoms with E-state index < -0.39 is 29.9 Å². The molecule has 36 heavy (non-hydrogen) atoms. The molecule has 3 rings (SSSR count). The van der Waals surface area contributed by atoms with Crippen molar-refractivity contribution in [3.05, 3.63) is 35.5 Å². The molecule has 1 aromatic carbocycles. The van der Waals surface area contributed by atoms with Gasteiger partial charge >= 0.3 is 12.1 Å². The van der Waals surface area contributed by atoms with E-state index >= 15 is 0 Å².